The van der Waals surface area contributed by atoms with Gasteiger partial charge in [-0.3, -0.25) is 4.79 Å². The van der Waals surface area contributed by atoms with Gasteiger partial charge in [-0.05, 0) is 37.1 Å². The standard InChI is InChI=1S/C11H12O/c1-8(2)10-5-4-6-11(12)9(3)7-10/h4-7H,1H2,2-3H3. The summed E-state index contributed by atoms with van der Waals surface area (Å²) in [4.78, 5) is 11.2. The van der Waals surface area contributed by atoms with E-state index in [1.165, 1.54) is 0 Å². The minimum atomic E-state index is 0.0718. The average Bonchev–Trinajstić information content (AvgIpc) is 2.15. The van der Waals surface area contributed by atoms with E-state index in [0.717, 1.165) is 16.7 Å². The quantitative estimate of drug-likeness (QED) is 0.616. The fourth-order valence-corrected chi connectivity index (χ4v) is 0.989. The van der Waals surface area contributed by atoms with Gasteiger partial charge in [-0.1, -0.05) is 24.3 Å². The molecule has 0 aliphatic heterocycles. The van der Waals surface area contributed by atoms with E-state index in [2.05, 4.69) is 6.58 Å². The summed E-state index contributed by atoms with van der Waals surface area (Å²) in [7, 11) is 0. The Kier molecular flexibility index (Phi) is 2.44. The van der Waals surface area contributed by atoms with Crippen LogP contribution in [0.4, 0.5) is 0 Å². The first kappa shape index (κ1) is 8.72. The van der Waals surface area contributed by atoms with E-state index < -0.39 is 0 Å². The first-order valence-corrected chi connectivity index (χ1v) is 3.88. The highest BCUT2D eigenvalue weighted by Gasteiger charge is 1.93. The van der Waals surface area contributed by atoms with E-state index in [-0.39, 0.29) is 5.43 Å². The third-order valence-electron chi connectivity index (χ3n) is 1.78. The van der Waals surface area contributed by atoms with Crippen LogP contribution in [-0.2, 0) is 0 Å². The predicted molar refractivity (Wildman–Crippen MR) is 52.2 cm³/mol. The van der Waals surface area contributed by atoms with Crippen molar-refractivity contribution in [3.05, 3.63) is 52.2 Å². The molecule has 1 nitrogen and oxygen atoms in total. The molecule has 0 fully saturated rings. The van der Waals surface area contributed by atoms with Crippen LogP contribution in [0.3, 0.4) is 0 Å². The molecule has 0 amide bonds. The maximum absolute atomic E-state index is 11.2. The Morgan fingerprint density at radius 3 is 2.67 bits per heavy atom. The van der Waals surface area contributed by atoms with Crippen molar-refractivity contribution < 1.29 is 0 Å². The minimum Gasteiger partial charge on any atom is -0.290 e. The summed E-state index contributed by atoms with van der Waals surface area (Å²) in [5.41, 5.74) is 2.84. The van der Waals surface area contributed by atoms with Crippen molar-refractivity contribution in [1.29, 1.82) is 0 Å². The van der Waals surface area contributed by atoms with Crippen molar-refractivity contribution in [3.63, 3.8) is 0 Å². The highest BCUT2D eigenvalue weighted by molar-refractivity contribution is 5.61. The molecular formula is C11H12O. The van der Waals surface area contributed by atoms with Crippen LogP contribution < -0.4 is 5.43 Å². The summed E-state index contributed by atoms with van der Waals surface area (Å²) in [6.07, 6.45) is 0. The van der Waals surface area contributed by atoms with Crippen LogP contribution in [0.1, 0.15) is 18.1 Å². The number of hydrogen-bond acceptors (Lipinski definition) is 1. The normalized spacial score (nSPS) is 9.50. The Balaban J connectivity index is 3.41. The fraction of sp³-hybridized carbons (Fsp3) is 0.182. The van der Waals surface area contributed by atoms with Crippen molar-refractivity contribution in [2.45, 2.75) is 13.8 Å². The molecule has 1 rings (SSSR count). The molecule has 0 spiro atoms. The number of allylic oxidation sites excluding steroid dienone is 1. The van der Waals surface area contributed by atoms with Crippen LogP contribution >= 0.6 is 0 Å². The second kappa shape index (κ2) is 3.35. The predicted octanol–water partition coefficient (Wildman–Crippen LogP) is 2.39. The lowest BCUT2D eigenvalue weighted by atomic mass is 10.1. The molecular weight excluding hydrogens is 148 g/mol. The van der Waals surface area contributed by atoms with Gasteiger partial charge in [0.15, 0.2) is 5.43 Å². The van der Waals surface area contributed by atoms with Crippen molar-refractivity contribution in [1.82, 2.24) is 0 Å². The van der Waals surface area contributed by atoms with Crippen LogP contribution in [0, 0.1) is 6.92 Å². The van der Waals surface area contributed by atoms with Gasteiger partial charge >= 0.3 is 0 Å². The van der Waals surface area contributed by atoms with E-state index in [9.17, 15) is 4.79 Å². The Hall–Kier alpha value is -1.37. The zero-order valence-electron chi connectivity index (χ0n) is 7.42. The summed E-state index contributed by atoms with van der Waals surface area (Å²) < 4.78 is 0. The second-order valence-corrected chi connectivity index (χ2v) is 2.95. The summed E-state index contributed by atoms with van der Waals surface area (Å²) >= 11 is 0. The topological polar surface area (TPSA) is 17.1 Å². The molecule has 0 bridgehead atoms. The van der Waals surface area contributed by atoms with Gasteiger partial charge in [0.05, 0.1) is 0 Å². The molecule has 0 saturated heterocycles. The smallest absolute Gasteiger partial charge is 0.181 e. The van der Waals surface area contributed by atoms with Crippen molar-refractivity contribution in [2.75, 3.05) is 0 Å². The molecule has 0 unspecified atom stereocenters. The lowest BCUT2D eigenvalue weighted by Gasteiger charge is -1.93. The highest BCUT2D eigenvalue weighted by Crippen LogP contribution is 2.09. The van der Waals surface area contributed by atoms with Crippen LogP contribution in [0.25, 0.3) is 5.57 Å². The molecule has 0 N–H and O–H groups in total. The number of hydrogen-bond donors (Lipinski definition) is 0. The van der Waals surface area contributed by atoms with Gasteiger partial charge in [-0.15, -0.1) is 0 Å². The Morgan fingerprint density at radius 1 is 1.42 bits per heavy atom. The van der Waals surface area contributed by atoms with Gasteiger partial charge < -0.3 is 0 Å². The third kappa shape index (κ3) is 1.82. The minimum absolute atomic E-state index is 0.0718. The van der Waals surface area contributed by atoms with Crippen LogP contribution in [0.15, 0.2) is 35.6 Å². The summed E-state index contributed by atoms with van der Waals surface area (Å²) in [5.74, 6) is 0. The zero-order valence-corrected chi connectivity index (χ0v) is 7.42. The van der Waals surface area contributed by atoms with E-state index >= 15 is 0 Å². The van der Waals surface area contributed by atoms with Gasteiger partial charge in [0.1, 0.15) is 0 Å². The molecule has 1 aromatic carbocycles. The molecule has 0 saturated carbocycles. The van der Waals surface area contributed by atoms with E-state index in [0.29, 0.717) is 0 Å². The lowest BCUT2D eigenvalue weighted by molar-refractivity contribution is 1.42. The largest absolute Gasteiger partial charge is 0.290 e. The van der Waals surface area contributed by atoms with Crippen LogP contribution in [0.5, 0.6) is 0 Å². The van der Waals surface area contributed by atoms with Crippen LogP contribution in [0.2, 0.25) is 0 Å². The molecule has 0 aliphatic carbocycles. The molecule has 0 aliphatic rings. The number of aryl methyl sites for hydroxylation is 1. The SMILES string of the molecule is C=C(C)c1cccc(=O)c(C)c1. The summed E-state index contributed by atoms with van der Waals surface area (Å²) in [6, 6.07) is 7.10. The van der Waals surface area contributed by atoms with Crippen LogP contribution in [-0.4, -0.2) is 0 Å². The van der Waals surface area contributed by atoms with Crippen molar-refractivity contribution in [2.24, 2.45) is 0 Å². The van der Waals surface area contributed by atoms with Gasteiger partial charge in [0, 0.05) is 0 Å². The molecule has 0 heterocycles. The molecule has 12 heavy (non-hydrogen) atoms. The zero-order chi connectivity index (χ0) is 9.14. The summed E-state index contributed by atoms with van der Waals surface area (Å²) in [6.45, 7) is 7.57. The lowest BCUT2D eigenvalue weighted by Crippen LogP contribution is -1.97. The Morgan fingerprint density at radius 2 is 2.08 bits per heavy atom. The maximum Gasteiger partial charge on any atom is 0.181 e. The fourth-order valence-electron chi connectivity index (χ4n) is 0.989. The van der Waals surface area contributed by atoms with Crippen molar-refractivity contribution >= 4 is 5.57 Å². The van der Waals surface area contributed by atoms with Gasteiger partial charge in [0.2, 0.25) is 0 Å². The molecule has 1 aromatic rings. The molecule has 0 atom stereocenters. The van der Waals surface area contributed by atoms with E-state index in [4.69, 9.17) is 0 Å². The average molecular weight is 160 g/mol. The molecule has 0 aromatic heterocycles. The maximum atomic E-state index is 11.2. The van der Waals surface area contributed by atoms with E-state index in [1.54, 1.807) is 12.1 Å². The van der Waals surface area contributed by atoms with Gasteiger partial charge in [-0.2, -0.15) is 0 Å². The Labute approximate surface area is 72.4 Å². The van der Waals surface area contributed by atoms with Crippen molar-refractivity contribution in [3.8, 4) is 0 Å². The second-order valence-electron chi connectivity index (χ2n) is 2.95. The monoisotopic (exact) mass is 160 g/mol. The first-order chi connectivity index (χ1) is 5.61. The Bertz CT molecular complexity index is 364. The first-order valence-electron chi connectivity index (χ1n) is 3.88. The summed E-state index contributed by atoms with van der Waals surface area (Å²) in [5, 5.41) is 0. The number of rotatable bonds is 1. The molecule has 1 heteroatoms. The third-order valence-corrected chi connectivity index (χ3v) is 1.78. The molecule has 0 radical (unpaired) electrons. The molecule has 62 valence electrons. The van der Waals surface area contributed by atoms with Gasteiger partial charge in [-0.25, -0.2) is 0 Å². The van der Waals surface area contributed by atoms with Gasteiger partial charge in [0.25, 0.3) is 0 Å². The highest BCUT2D eigenvalue weighted by atomic mass is 16.1. The van der Waals surface area contributed by atoms with E-state index in [1.807, 2.05) is 26.0 Å².